The van der Waals surface area contributed by atoms with Crippen molar-refractivity contribution in [3.05, 3.63) is 17.5 Å². The molecule has 4 nitrogen and oxygen atoms in total. The number of carbonyl (C=O) groups excluding carboxylic acids is 1. The fourth-order valence-electron chi connectivity index (χ4n) is 3.66. The fraction of sp³-hybridized carbons (Fsp3) is 0.750. The van der Waals surface area contributed by atoms with Crippen LogP contribution < -0.4 is 0 Å². The van der Waals surface area contributed by atoms with Crippen LogP contribution in [0.5, 0.6) is 0 Å². The van der Waals surface area contributed by atoms with Crippen molar-refractivity contribution in [2.45, 2.75) is 57.7 Å². The first kappa shape index (κ1) is 16.3. The molecule has 23 heavy (non-hydrogen) atoms. The summed E-state index contributed by atoms with van der Waals surface area (Å²) < 4.78 is 41.8. The van der Waals surface area contributed by atoms with E-state index in [9.17, 15) is 18.0 Å². The Morgan fingerprint density at radius 2 is 1.78 bits per heavy atom. The Morgan fingerprint density at radius 1 is 1.17 bits per heavy atom. The maximum Gasteiger partial charge on any atom is 0.433 e. The van der Waals surface area contributed by atoms with Crippen molar-refractivity contribution >= 4 is 5.91 Å². The van der Waals surface area contributed by atoms with Crippen molar-refractivity contribution in [1.82, 2.24) is 14.7 Å². The summed E-state index contributed by atoms with van der Waals surface area (Å²) in [5, 5.41) is 3.97. The molecule has 0 unspecified atom stereocenters. The van der Waals surface area contributed by atoms with E-state index in [-0.39, 0.29) is 11.6 Å². The van der Waals surface area contributed by atoms with Crippen molar-refractivity contribution < 1.29 is 18.0 Å². The van der Waals surface area contributed by atoms with Gasteiger partial charge in [-0.05, 0) is 44.4 Å². The Kier molecular flexibility index (Phi) is 4.38. The van der Waals surface area contributed by atoms with Gasteiger partial charge in [-0.25, -0.2) is 0 Å². The first-order valence-corrected chi connectivity index (χ1v) is 8.32. The van der Waals surface area contributed by atoms with Crippen molar-refractivity contribution in [2.75, 3.05) is 13.1 Å². The van der Waals surface area contributed by atoms with Crippen LogP contribution in [0.1, 0.15) is 67.5 Å². The van der Waals surface area contributed by atoms with E-state index < -0.39 is 17.8 Å². The largest absolute Gasteiger partial charge is 0.433 e. The Morgan fingerprint density at radius 3 is 2.35 bits per heavy atom. The molecule has 3 rings (SSSR count). The minimum absolute atomic E-state index is 0.261. The molecule has 0 bridgehead atoms. The Balaban J connectivity index is 1.93. The normalized spacial score (nSPS) is 25.8. The second-order valence-corrected chi connectivity index (χ2v) is 6.76. The van der Waals surface area contributed by atoms with Gasteiger partial charge in [0.05, 0.1) is 17.8 Å². The fourth-order valence-corrected chi connectivity index (χ4v) is 3.66. The maximum atomic E-state index is 13.6. The number of alkyl halides is 3. The summed E-state index contributed by atoms with van der Waals surface area (Å²) >= 11 is 0. The van der Waals surface area contributed by atoms with Gasteiger partial charge < -0.3 is 4.90 Å². The summed E-state index contributed by atoms with van der Waals surface area (Å²) in [6.07, 6.45) is 1.41. The lowest BCUT2D eigenvalue weighted by Gasteiger charge is -2.28. The van der Waals surface area contributed by atoms with Crippen LogP contribution in [0.25, 0.3) is 0 Å². The predicted molar refractivity (Wildman–Crippen MR) is 79.0 cm³/mol. The average Bonchev–Trinajstić information content (AvgIpc) is 3.16. The number of hydrogen-bond acceptors (Lipinski definition) is 2. The Labute approximate surface area is 133 Å². The van der Waals surface area contributed by atoms with Gasteiger partial charge in [0.1, 0.15) is 0 Å². The summed E-state index contributed by atoms with van der Waals surface area (Å²) in [6, 6.07) is -0.261. The van der Waals surface area contributed by atoms with Crippen LogP contribution in [0.3, 0.4) is 0 Å². The molecule has 1 saturated heterocycles. The van der Waals surface area contributed by atoms with Crippen molar-refractivity contribution in [1.29, 1.82) is 0 Å². The van der Waals surface area contributed by atoms with E-state index in [0.717, 1.165) is 36.6 Å². The van der Waals surface area contributed by atoms with Gasteiger partial charge in [0, 0.05) is 13.1 Å². The highest BCUT2D eigenvalue weighted by atomic mass is 19.4. The van der Waals surface area contributed by atoms with Crippen molar-refractivity contribution in [2.24, 2.45) is 5.92 Å². The standard InChI is InChI=1S/C16H22F3N3O/c1-11-4-6-12(7-5-11)22-14(16(17,18)19)13(10-20-22)15(23)21-8-2-3-9-21/h10-12H,2-9H2,1H3. The molecule has 7 heteroatoms. The van der Waals surface area contributed by atoms with Crippen LogP contribution in [0.4, 0.5) is 13.2 Å². The molecule has 2 fully saturated rings. The number of amides is 1. The number of nitrogens with zero attached hydrogens (tertiary/aromatic N) is 3. The smallest absolute Gasteiger partial charge is 0.339 e. The first-order chi connectivity index (χ1) is 10.9. The number of halogens is 3. The molecule has 1 amide bonds. The van der Waals surface area contributed by atoms with E-state index >= 15 is 0 Å². The minimum Gasteiger partial charge on any atom is -0.339 e. The Bertz CT molecular complexity index is 568. The number of carbonyl (C=O) groups is 1. The van der Waals surface area contributed by atoms with Gasteiger partial charge in [0.15, 0.2) is 5.69 Å². The highest BCUT2D eigenvalue weighted by Crippen LogP contribution is 2.39. The minimum atomic E-state index is -4.57. The summed E-state index contributed by atoms with van der Waals surface area (Å²) in [7, 11) is 0. The number of hydrogen-bond donors (Lipinski definition) is 0. The lowest BCUT2D eigenvalue weighted by molar-refractivity contribution is -0.145. The molecule has 2 heterocycles. The van der Waals surface area contributed by atoms with E-state index in [0.29, 0.717) is 31.8 Å². The highest BCUT2D eigenvalue weighted by Gasteiger charge is 2.42. The first-order valence-electron chi connectivity index (χ1n) is 8.32. The second kappa shape index (κ2) is 6.17. The van der Waals surface area contributed by atoms with E-state index in [1.54, 1.807) is 0 Å². The van der Waals surface area contributed by atoms with E-state index in [4.69, 9.17) is 0 Å². The molecule has 1 aromatic rings. The van der Waals surface area contributed by atoms with Crippen LogP contribution in [-0.2, 0) is 6.18 Å². The lowest BCUT2D eigenvalue weighted by Crippen LogP contribution is -2.30. The summed E-state index contributed by atoms with van der Waals surface area (Å²) in [4.78, 5) is 13.9. The van der Waals surface area contributed by atoms with Crippen LogP contribution in [0.15, 0.2) is 6.20 Å². The second-order valence-electron chi connectivity index (χ2n) is 6.76. The maximum absolute atomic E-state index is 13.6. The zero-order chi connectivity index (χ0) is 16.6. The average molecular weight is 329 g/mol. The SMILES string of the molecule is CC1CCC(n2ncc(C(=O)N3CCCC3)c2C(F)(F)F)CC1. The molecular formula is C16H22F3N3O. The number of aromatic nitrogens is 2. The summed E-state index contributed by atoms with van der Waals surface area (Å²) in [5.74, 6) is 0.00658. The highest BCUT2D eigenvalue weighted by molar-refractivity contribution is 5.95. The third-order valence-corrected chi connectivity index (χ3v) is 5.02. The van der Waals surface area contributed by atoms with Gasteiger partial charge in [-0.15, -0.1) is 0 Å². The van der Waals surface area contributed by atoms with Gasteiger partial charge in [-0.2, -0.15) is 18.3 Å². The zero-order valence-electron chi connectivity index (χ0n) is 13.3. The van der Waals surface area contributed by atoms with Gasteiger partial charge >= 0.3 is 6.18 Å². The van der Waals surface area contributed by atoms with Crippen LogP contribution >= 0.6 is 0 Å². The molecular weight excluding hydrogens is 307 g/mol. The molecule has 1 aliphatic heterocycles. The topological polar surface area (TPSA) is 38.1 Å². The summed E-state index contributed by atoms with van der Waals surface area (Å²) in [6.45, 7) is 3.18. The quantitative estimate of drug-likeness (QED) is 0.825. The summed E-state index contributed by atoms with van der Waals surface area (Å²) in [5.41, 5.74) is -1.16. The molecule has 0 atom stereocenters. The van der Waals surface area contributed by atoms with Crippen LogP contribution in [-0.4, -0.2) is 33.7 Å². The van der Waals surface area contributed by atoms with E-state index in [1.165, 1.54) is 4.90 Å². The zero-order valence-corrected chi connectivity index (χ0v) is 13.3. The van der Waals surface area contributed by atoms with Crippen LogP contribution in [0.2, 0.25) is 0 Å². The van der Waals surface area contributed by atoms with Crippen molar-refractivity contribution in [3.8, 4) is 0 Å². The van der Waals surface area contributed by atoms with Gasteiger partial charge in [-0.1, -0.05) is 6.92 Å². The van der Waals surface area contributed by atoms with Crippen LogP contribution in [0, 0.1) is 5.92 Å². The molecule has 1 aromatic heterocycles. The molecule has 0 aromatic carbocycles. The molecule has 128 valence electrons. The Hall–Kier alpha value is -1.53. The lowest BCUT2D eigenvalue weighted by atomic mass is 9.87. The molecule has 1 saturated carbocycles. The predicted octanol–water partition coefficient (Wildman–Crippen LogP) is 3.89. The van der Waals surface area contributed by atoms with Gasteiger partial charge in [-0.3, -0.25) is 9.48 Å². The van der Waals surface area contributed by atoms with E-state index in [1.807, 2.05) is 0 Å². The van der Waals surface area contributed by atoms with Gasteiger partial charge in [0.2, 0.25) is 0 Å². The molecule has 0 N–H and O–H groups in total. The number of rotatable bonds is 2. The monoisotopic (exact) mass is 329 g/mol. The molecule has 0 spiro atoms. The molecule has 1 aliphatic carbocycles. The third kappa shape index (κ3) is 3.23. The third-order valence-electron chi connectivity index (χ3n) is 5.02. The number of likely N-dealkylation sites (tertiary alicyclic amines) is 1. The van der Waals surface area contributed by atoms with E-state index in [2.05, 4.69) is 12.0 Å². The molecule has 2 aliphatic rings. The molecule has 0 radical (unpaired) electrons. The van der Waals surface area contributed by atoms with Gasteiger partial charge in [0.25, 0.3) is 5.91 Å². The van der Waals surface area contributed by atoms with Crippen molar-refractivity contribution in [3.63, 3.8) is 0 Å².